The lowest BCUT2D eigenvalue weighted by Crippen LogP contribution is -2.25. The number of rotatable bonds is 9. The van der Waals surface area contributed by atoms with E-state index in [9.17, 15) is 4.79 Å². The molecule has 0 radical (unpaired) electrons. The van der Waals surface area contributed by atoms with Gasteiger partial charge in [0.2, 0.25) is 11.1 Å². The third-order valence-electron chi connectivity index (χ3n) is 3.98. The van der Waals surface area contributed by atoms with Crippen LogP contribution in [0.5, 0.6) is 5.75 Å². The topological polar surface area (TPSA) is 119 Å². The summed E-state index contributed by atoms with van der Waals surface area (Å²) in [6.07, 6.45) is 1.51. The van der Waals surface area contributed by atoms with Crippen LogP contribution in [0.15, 0.2) is 52.7 Å². The maximum atomic E-state index is 12.1. The van der Waals surface area contributed by atoms with Crippen LogP contribution >= 0.6 is 35.0 Å². The summed E-state index contributed by atoms with van der Waals surface area (Å²) >= 11 is 13.1. The number of nitrogens with two attached hydrogens (primary N) is 1. The van der Waals surface area contributed by atoms with Gasteiger partial charge in [-0.15, -0.1) is 10.2 Å². The van der Waals surface area contributed by atoms with E-state index in [2.05, 4.69) is 26.0 Å². The van der Waals surface area contributed by atoms with Gasteiger partial charge in [0, 0.05) is 17.1 Å². The van der Waals surface area contributed by atoms with Crippen LogP contribution in [0, 0.1) is 0 Å². The fourth-order valence-corrected chi connectivity index (χ4v) is 3.49. The number of halogens is 2. The fraction of sp³-hybridized carbons (Fsp3) is 0.158. The number of hydrogen-bond donors (Lipinski definition) is 3. The van der Waals surface area contributed by atoms with Crippen molar-refractivity contribution in [2.45, 2.75) is 11.7 Å². The van der Waals surface area contributed by atoms with Crippen molar-refractivity contribution in [2.75, 3.05) is 24.1 Å². The van der Waals surface area contributed by atoms with E-state index in [0.717, 1.165) is 23.1 Å². The number of anilines is 1. The molecule has 0 aliphatic rings. The molecule has 1 aromatic heterocycles. The van der Waals surface area contributed by atoms with Gasteiger partial charge < -0.3 is 15.9 Å². The molecule has 1 amide bonds. The highest BCUT2D eigenvalue weighted by Gasteiger charge is 2.12. The number of hydrazone groups is 1. The predicted octanol–water partition coefficient (Wildman–Crippen LogP) is 3.16. The minimum absolute atomic E-state index is 0.134. The van der Waals surface area contributed by atoms with Gasteiger partial charge in [0.1, 0.15) is 5.75 Å². The van der Waals surface area contributed by atoms with E-state index in [4.69, 9.17) is 33.8 Å². The van der Waals surface area contributed by atoms with E-state index in [1.807, 2.05) is 24.3 Å². The Balaban J connectivity index is 1.48. The number of carbonyl (C=O) groups is 1. The summed E-state index contributed by atoms with van der Waals surface area (Å²) in [6, 6.07) is 12.5. The molecule has 12 heteroatoms. The van der Waals surface area contributed by atoms with Crippen molar-refractivity contribution in [1.82, 2.24) is 20.2 Å². The molecule has 0 saturated carbocycles. The van der Waals surface area contributed by atoms with Gasteiger partial charge in [0.05, 0.1) is 24.1 Å². The molecule has 1 heterocycles. The molecule has 0 saturated heterocycles. The van der Waals surface area contributed by atoms with Crippen molar-refractivity contribution in [3.05, 3.63) is 63.6 Å². The number of nitrogens with zero attached hydrogens (tertiary/aromatic N) is 4. The summed E-state index contributed by atoms with van der Waals surface area (Å²) in [7, 11) is 1.60. The summed E-state index contributed by atoms with van der Waals surface area (Å²) in [4.78, 5) is 12.1. The molecule has 31 heavy (non-hydrogen) atoms. The number of aromatic nitrogens is 3. The Kier molecular flexibility index (Phi) is 7.99. The molecular formula is C19H19Cl2N7O2S. The first-order valence-electron chi connectivity index (χ1n) is 8.93. The zero-order valence-corrected chi connectivity index (χ0v) is 18.7. The maximum absolute atomic E-state index is 12.1. The normalized spacial score (nSPS) is 10.9. The largest absolute Gasteiger partial charge is 0.497 e. The lowest BCUT2D eigenvalue weighted by Gasteiger charge is -2.06. The lowest BCUT2D eigenvalue weighted by atomic mass is 10.2. The van der Waals surface area contributed by atoms with E-state index in [1.165, 1.54) is 10.9 Å². The molecule has 3 aromatic rings. The molecule has 3 rings (SSSR count). The van der Waals surface area contributed by atoms with Gasteiger partial charge in [0.25, 0.3) is 5.95 Å². The Morgan fingerprint density at radius 3 is 2.74 bits per heavy atom. The van der Waals surface area contributed by atoms with E-state index in [0.29, 0.717) is 27.3 Å². The Labute approximate surface area is 192 Å². The number of ether oxygens (including phenoxy) is 1. The number of methoxy groups -OCH3 is 1. The van der Waals surface area contributed by atoms with Crippen LogP contribution in [0.2, 0.25) is 10.0 Å². The summed E-state index contributed by atoms with van der Waals surface area (Å²) in [5.74, 6) is 6.91. The van der Waals surface area contributed by atoms with Crippen molar-refractivity contribution >= 4 is 53.0 Å². The quantitative estimate of drug-likeness (QED) is 0.186. The summed E-state index contributed by atoms with van der Waals surface area (Å²) in [5.41, 5.74) is 4.32. The van der Waals surface area contributed by atoms with Crippen LogP contribution in [0.3, 0.4) is 0 Å². The third kappa shape index (κ3) is 6.51. The predicted molar refractivity (Wildman–Crippen MR) is 123 cm³/mol. The van der Waals surface area contributed by atoms with Crippen molar-refractivity contribution in [2.24, 2.45) is 5.10 Å². The number of hydrogen-bond acceptors (Lipinski definition) is 8. The Bertz CT molecular complexity index is 1070. The first kappa shape index (κ1) is 22.7. The van der Waals surface area contributed by atoms with Crippen molar-refractivity contribution in [1.29, 1.82) is 0 Å². The summed E-state index contributed by atoms with van der Waals surface area (Å²) < 4.78 is 6.32. The molecule has 4 N–H and O–H groups in total. The van der Waals surface area contributed by atoms with Crippen LogP contribution in [-0.4, -0.2) is 39.9 Å². The smallest absolute Gasteiger partial charge is 0.264 e. The van der Waals surface area contributed by atoms with Gasteiger partial charge in [-0.05, 0) is 29.8 Å². The highest BCUT2D eigenvalue weighted by molar-refractivity contribution is 7.99. The van der Waals surface area contributed by atoms with Crippen LogP contribution in [-0.2, 0) is 11.3 Å². The highest BCUT2D eigenvalue weighted by Crippen LogP contribution is 2.20. The van der Waals surface area contributed by atoms with Crippen molar-refractivity contribution in [3.8, 4) is 5.75 Å². The second-order valence-electron chi connectivity index (χ2n) is 6.13. The second kappa shape index (κ2) is 10.9. The minimum atomic E-state index is -0.159. The number of benzene rings is 2. The van der Waals surface area contributed by atoms with Crippen LogP contribution < -0.4 is 21.3 Å². The fourth-order valence-electron chi connectivity index (χ4n) is 2.34. The molecular weight excluding hydrogens is 461 g/mol. The van der Waals surface area contributed by atoms with E-state index >= 15 is 0 Å². The molecule has 0 unspecified atom stereocenters. The first-order valence-corrected chi connectivity index (χ1v) is 10.7. The molecule has 0 atom stereocenters. The molecule has 0 aliphatic heterocycles. The molecule has 9 nitrogen and oxygen atoms in total. The van der Waals surface area contributed by atoms with Gasteiger partial charge in [-0.3, -0.25) is 4.79 Å². The standard InChI is InChI=1S/C19H19Cl2N7O2S/c1-30-15-6-2-12(3-7-15)9-23-17(29)11-31-19-27-26-18(28(19)22)25-24-10-13-4-5-14(20)8-16(13)21/h2-8,10H,9,11,22H2,1H3,(H,23,29)(H,25,26)/b24-10+. The van der Waals surface area contributed by atoms with Crippen LogP contribution in [0.25, 0.3) is 0 Å². The number of carbonyl (C=O) groups excluding carboxylic acids is 1. The number of nitrogens with one attached hydrogen (secondary N) is 2. The Morgan fingerprint density at radius 1 is 1.26 bits per heavy atom. The zero-order chi connectivity index (χ0) is 22.2. The Morgan fingerprint density at radius 2 is 2.03 bits per heavy atom. The monoisotopic (exact) mass is 479 g/mol. The van der Waals surface area contributed by atoms with E-state index < -0.39 is 0 Å². The number of thioether (sulfide) groups is 1. The molecule has 2 aromatic carbocycles. The molecule has 0 fully saturated rings. The number of nitrogen functional groups attached to an aromatic ring is 1. The first-order chi connectivity index (χ1) is 15.0. The third-order valence-corrected chi connectivity index (χ3v) is 5.48. The van der Waals surface area contributed by atoms with Crippen LogP contribution in [0.1, 0.15) is 11.1 Å². The minimum Gasteiger partial charge on any atom is -0.497 e. The van der Waals surface area contributed by atoms with Gasteiger partial charge in [0.15, 0.2) is 0 Å². The summed E-state index contributed by atoms with van der Waals surface area (Å²) in [6.45, 7) is 0.410. The van der Waals surface area contributed by atoms with E-state index in [1.54, 1.807) is 25.3 Å². The molecule has 0 aliphatic carbocycles. The summed E-state index contributed by atoms with van der Waals surface area (Å²) in [5, 5.41) is 16.1. The van der Waals surface area contributed by atoms with Crippen molar-refractivity contribution in [3.63, 3.8) is 0 Å². The van der Waals surface area contributed by atoms with Crippen LogP contribution in [0.4, 0.5) is 5.95 Å². The molecule has 0 spiro atoms. The van der Waals surface area contributed by atoms with Gasteiger partial charge in [-0.1, -0.05) is 53.2 Å². The van der Waals surface area contributed by atoms with Crippen molar-refractivity contribution < 1.29 is 9.53 Å². The zero-order valence-electron chi connectivity index (χ0n) is 16.4. The Hall–Kier alpha value is -2.95. The highest BCUT2D eigenvalue weighted by atomic mass is 35.5. The average Bonchev–Trinajstić information content (AvgIpc) is 3.12. The molecule has 0 bridgehead atoms. The molecule has 162 valence electrons. The van der Waals surface area contributed by atoms with Gasteiger partial charge in [-0.25, -0.2) is 10.1 Å². The lowest BCUT2D eigenvalue weighted by molar-refractivity contribution is -0.118. The van der Waals surface area contributed by atoms with Gasteiger partial charge >= 0.3 is 0 Å². The van der Waals surface area contributed by atoms with E-state index in [-0.39, 0.29) is 17.6 Å². The van der Waals surface area contributed by atoms with Gasteiger partial charge in [-0.2, -0.15) is 5.10 Å². The second-order valence-corrected chi connectivity index (χ2v) is 7.91. The average molecular weight is 480 g/mol. The number of amides is 1. The maximum Gasteiger partial charge on any atom is 0.264 e. The SMILES string of the molecule is COc1ccc(CNC(=O)CSc2nnc(N/N=C/c3ccc(Cl)cc3Cl)n2N)cc1.